The minimum absolute atomic E-state index is 0.0342. The third kappa shape index (κ3) is 3.90. The van der Waals surface area contributed by atoms with Gasteiger partial charge in [0.2, 0.25) is 0 Å². The van der Waals surface area contributed by atoms with Crippen LogP contribution in [0, 0.1) is 13.8 Å². The second-order valence-corrected chi connectivity index (χ2v) is 10.3. The van der Waals surface area contributed by atoms with Gasteiger partial charge in [-0.1, -0.05) is 18.2 Å². The average Bonchev–Trinajstić information content (AvgIpc) is 3.30. The molecule has 0 unspecified atom stereocenters. The molecule has 1 atom stereocenters. The summed E-state index contributed by atoms with van der Waals surface area (Å²) in [5, 5.41) is 5.59. The van der Waals surface area contributed by atoms with E-state index in [1.165, 1.54) is 22.7 Å². The Morgan fingerprint density at radius 2 is 1.77 bits per heavy atom. The van der Waals surface area contributed by atoms with Crippen LogP contribution in [-0.4, -0.2) is 20.9 Å². The minimum atomic E-state index is -3.56. The minimum Gasteiger partial charge on any atom is -0.350 e. The lowest BCUT2D eigenvalue weighted by Gasteiger charge is -2.16. The molecule has 26 heavy (non-hydrogen) atoms. The van der Waals surface area contributed by atoms with E-state index in [2.05, 4.69) is 5.32 Å². The fourth-order valence-electron chi connectivity index (χ4n) is 2.57. The summed E-state index contributed by atoms with van der Waals surface area (Å²) in [6, 6.07) is 12.4. The Bertz CT molecular complexity index is 991. The first-order chi connectivity index (χ1) is 12.4. The van der Waals surface area contributed by atoms with Crippen molar-refractivity contribution in [2.75, 3.05) is 6.54 Å². The molecule has 3 aromatic rings. The topological polar surface area (TPSA) is 63.2 Å². The quantitative estimate of drug-likeness (QED) is 0.662. The highest BCUT2D eigenvalue weighted by atomic mass is 32.2. The highest BCUT2D eigenvalue weighted by molar-refractivity contribution is 7.93. The van der Waals surface area contributed by atoms with Gasteiger partial charge in [0, 0.05) is 17.0 Å². The van der Waals surface area contributed by atoms with E-state index >= 15 is 0 Å². The number of amides is 1. The number of aryl methyl sites for hydroxylation is 2. The van der Waals surface area contributed by atoms with Crippen LogP contribution in [-0.2, 0) is 9.84 Å². The SMILES string of the molecule is Cc1ccc(C(=O)NC[C@H](c2cccs2)S(=O)(=O)c2cccs2)cc1C. The first-order valence-electron chi connectivity index (χ1n) is 8.06. The summed E-state index contributed by atoms with van der Waals surface area (Å²) < 4.78 is 26.3. The average molecular weight is 406 g/mol. The number of hydrogen-bond acceptors (Lipinski definition) is 5. The van der Waals surface area contributed by atoms with Gasteiger partial charge in [0.1, 0.15) is 9.46 Å². The molecule has 4 nitrogen and oxygen atoms in total. The maximum absolute atomic E-state index is 13.0. The Kier molecular flexibility index (Phi) is 5.60. The number of nitrogens with one attached hydrogen (secondary N) is 1. The van der Waals surface area contributed by atoms with Crippen LogP contribution >= 0.6 is 22.7 Å². The number of carbonyl (C=O) groups is 1. The largest absolute Gasteiger partial charge is 0.350 e. The summed E-state index contributed by atoms with van der Waals surface area (Å²) in [7, 11) is -3.56. The van der Waals surface area contributed by atoms with E-state index in [9.17, 15) is 13.2 Å². The fourth-order valence-corrected chi connectivity index (χ4v) is 6.56. The van der Waals surface area contributed by atoms with Crippen molar-refractivity contribution in [3.63, 3.8) is 0 Å². The van der Waals surface area contributed by atoms with Crippen molar-refractivity contribution in [3.8, 4) is 0 Å². The lowest BCUT2D eigenvalue weighted by atomic mass is 10.1. The molecule has 1 N–H and O–H groups in total. The number of hydrogen-bond donors (Lipinski definition) is 1. The van der Waals surface area contributed by atoms with Gasteiger partial charge in [0.05, 0.1) is 0 Å². The van der Waals surface area contributed by atoms with Crippen molar-refractivity contribution in [1.82, 2.24) is 5.32 Å². The van der Waals surface area contributed by atoms with Crippen molar-refractivity contribution < 1.29 is 13.2 Å². The lowest BCUT2D eigenvalue weighted by molar-refractivity contribution is 0.0953. The molecule has 136 valence electrons. The van der Waals surface area contributed by atoms with Gasteiger partial charge < -0.3 is 5.32 Å². The number of carbonyl (C=O) groups excluding carboxylic acids is 1. The molecule has 2 aromatic heterocycles. The maximum Gasteiger partial charge on any atom is 0.251 e. The van der Waals surface area contributed by atoms with E-state index in [1.54, 1.807) is 29.6 Å². The van der Waals surface area contributed by atoms with Crippen molar-refractivity contribution in [1.29, 1.82) is 0 Å². The molecule has 1 aromatic carbocycles. The summed E-state index contributed by atoms with van der Waals surface area (Å²) in [5.74, 6) is -0.268. The highest BCUT2D eigenvalue weighted by Crippen LogP contribution is 2.33. The summed E-state index contributed by atoms with van der Waals surface area (Å²) in [4.78, 5) is 13.2. The van der Waals surface area contributed by atoms with E-state index in [4.69, 9.17) is 0 Å². The molecule has 0 saturated heterocycles. The van der Waals surface area contributed by atoms with Crippen LogP contribution in [0.25, 0.3) is 0 Å². The van der Waals surface area contributed by atoms with Crippen molar-refractivity contribution in [2.24, 2.45) is 0 Å². The zero-order valence-electron chi connectivity index (χ0n) is 14.4. The Morgan fingerprint density at radius 1 is 1.04 bits per heavy atom. The highest BCUT2D eigenvalue weighted by Gasteiger charge is 2.31. The third-order valence-electron chi connectivity index (χ3n) is 4.23. The second kappa shape index (κ2) is 7.73. The monoisotopic (exact) mass is 405 g/mol. The molecule has 2 heterocycles. The van der Waals surface area contributed by atoms with Crippen molar-refractivity contribution in [2.45, 2.75) is 23.3 Å². The van der Waals surface area contributed by atoms with Gasteiger partial charge in [-0.2, -0.15) is 0 Å². The van der Waals surface area contributed by atoms with Gasteiger partial charge >= 0.3 is 0 Å². The summed E-state index contributed by atoms with van der Waals surface area (Å²) in [5.41, 5.74) is 2.67. The van der Waals surface area contributed by atoms with Crippen LogP contribution in [0.4, 0.5) is 0 Å². The zero-order valence-corrected chi connectivity index (χ0v) is 16.9. The van der Waals surface area contributed by atoms with Gasteiger partial charge in [0.15, 0.2) is 9.84 Å². The molecule has 0 saturated carbocycles. The van der Waals surface area contributed by atoms with E-state index < -0.39 is 15.1 Å². The number of sulfone groups is 1. The standard InChI is InChI=1S/C19H19NO3S3/c1-13-7-8-15(11-14(13)2)19(21)20-12-17(16-5-3-9-24-16)26(22,23)18-6-4-10-25-18/h3-11,17H,12H2,1-2H3,(H,20,21)/t17-/m1/s1. The molecular weight excluding hydrogens is 386 g/mol. The first-order valence-corrected chi connectivity index (χ1v) is 11.4. The molecule has 0 aliphatic heterocycles. The molecule has 0 radical (unpaired) electrons. The van der Waals surface area contributed by atoms with Crippen molar-refractivity contribution in [3.05, 3.63) is 74.8 Å². The molecule has 0 spiro atoms. The van der Waals surface area contributed by atoms with Crippen LogP contribution in [0.1, 0.15) is 31.6 Å². The summed E-state index contributed by atoms with van der Waals surface area (Å²) in [6.07, 6.45) is 0. The van der Waals surface area contributed by atoms with Crippen LogP contribution < -0.4 is 5.32 Å². The number of rotatable bonds is 6. The van der Waals surface area contributed by atoms with Gasteiger partial charge in [-0.15, -0.1) is 22.7 Å². The molecule has 3 rings (SSSR count). The number of thiophene rings is 2. The molecule has 0 aliphatic rings. The Hall–Kier alpha value is -1.96. The third-order valence-corrected chi connectivity index (χ3v) is 8.88. The van der Waals surface area contributed by atoms with Crippen LogP contribution in [0.3, 0.4) is 0 Å². The van der Waals surface area contributed by atoms with Crippen LogP contribution in [0.15, 0.2) is 57.4 Å². The normalized spacial score (nSPS) is 12.7. The van der Waals surface area contributed by atoms with Gasteiger partial charge in [-0.25, -0.2) is 8.42 Å². The first kappa shape index (κ1) is 18.8. The Morgan fingerprint density at radius 3 is 2.38 bits per heavy atom. The van der Waals surface area contributed by atoms with E-state index in [0.717, 1.165) is 16.0 Å². The van der Waals surface area contributed by atoms with E-state index in [-0.39, 0.29) is 12.5 Å². The Labute approximate surface area is 161 Å². The maximum atomic E-state index is 13.0. The fraction of sp³-hybridized carbons (Fsp3) is 0.211. The predicted molar refractivity (Wildman–Crippen MR) is 107 cm³/mol. The molecule has 7 heteroatoms. The molecule has 1 amide bonds. The van der Waals surface area contributed by atoms with Crippen LogP contribution in [0.2, 0.25) is 0 Å². The number of benzene rings is 1. The van der Waals surface area contributed by atoms with E-state index in [0.29, 0.717) is 9.77 Å². The molecule has 0 aliphatic carbocycles. The molecular formula is C19H19NO3S3. The molecule has 0 bridgehead atoms. The van der Waals surface area contributed by atoms with Gasteiger partial charge in [-0.05, 0) is 60.0 Å². The molecule has 0 fully saturated rings. The van der Waals surface area contributed by atoms with Crippen LogP contribution in [0.5, 0.6) is 0 Å². The smallest absolute Gasteiger partial charge is 0.251 e. The summed E-state index contributed by atoms with van der Waals surface area (Å²) in [6.45, 7) is 3.96. The van der Waals surface area contributed by atoms with Gasteiger partial charge in [0.25, 0.3) is 5.91 Å². The summed E-state index contributed by atoms with van der Waals surface area (Å²) >= 11 is 2.57. The van der Waals surface area contributed by atoms with Gasteiger partial charge in [-0.3, -0.25) is 4.79 Å². The predicted octanol–water partition coefficient (Wildman–Crippen LogP) is 4.37. The Balaban J connectivity index is 1.83. The second-order valence-electron chi connectivity index (χ2n) is 5.99. The zero-order chi connectivity index (χ0) is 18.7. The lowest BCUT2D eigenvalue weighted by Crippen LogP contribution is -2.31. The van der Waals surface area contributed by atoms with E-state index in [1.807, 2.05) is 37.4 Å². The van der Waals surface area contributed by atoms with Crippen molar-refractivity contribution >= 4 is 38.4 Å².